The van der Waals surface area contributed by atoms with Gasteiger partial charge in [-0.25, -0.2) is 9.37 Å². The Balaban J connectivity index is 2.16. The second kappa shape index (κ2) is 5.29. The van der Waals surface area contributed by atoms with Crippen LogP contribution < -0.4 is 5.73 Å². The summed E-state index contributed by atoms with van der Waals surface area (Å²) in [6, 6.07) is 4.53. The molecule has 0 spiro atoms. The normalized spacial score (nSPS) is 10.8. The third-order valence-electron chi connectivity index (χ3n) is 2.45. The van der Waals surface area contributed by atoms with Gasteiger partial charge in [-0.15, -0.1) is 0 Å². The summed E-state index contributed by atoms with van der Waals surface area (Å²) < 4.78 is 15.3. The summed E-state index contributed by atoms with van der Waals surface area (Å²) in [5, 5.41) is 0.531. The Hall–Kier alpha value is -1.39. The molecule has 3 nitrogen and oxygen atoms in total. The topological polar surface area (TPSA) is 43.8 Å². The number of halogens is 2. The second-order valence-electron chi connectivity index (χ2n) is 3.81. The van der Waals surface area contributed by atoms with E-state index in [2.05, 4.69) is 4.98 Å². The van der Waals surface area contributed by atoms with Crippen LogP contribution in [0.3, 0.4) is 0 Å². The second-order valence-corrected chi connectivity index (χ2v) is 4.25. The lowest BCUT2D eigenvalue weighted by molar-refractivity contribution is 0.599. The van der Waals surface area contributed by atoms with E-state index in [1.165, 1.54) is 12.1 Å². The van der Waals surface area contributed by atoms with Gasteiger partial charge in [0.05, 0.1) is 18.6 Å². The molecule has 0 atom stereocenters. The van der Waals surface area contributed by atoms with E-state index in [9.17, 15) is 4.39 Å². The minimum absolute atomic E-state index is 0.261. The number of nitrogens with two attached hydrogens (primary N) is 1. The highest BCUT2D eigenvalue weighted by molar-refractivity contribution is 6.30. The Morgan fingerprint density at radius 2 is 2.24 bits per heavy atom. The molecule has 0 saturated heterocycles. The molecule has 0 saturated carbocycles. The molecule has 1 aromatic carbocycles. The maximum Gasteiger partial charge on any atom is 0.128 e. The number of nitrogens with zero attached hydrogens (tertiary/aromatic N) is 2. The van der Waals surface area contributed by atoms with E-state index in [0.29, 0.717) is 23.7 Å². The zero-order valence-corrected chi connectivity index (χ0v) is 9.99. The largest absolute Gasteiger partial charge is 0.333 e. The lowest BCUT2D eigenvalue weighted by Gasteiger charge is -2.04. The summed E-state index contributed by atoms with van der Waals surface area (Å²) in [4.78, 5) is 4.18. The molecule has 5 heteroatoms. The van der Waals surface area contributed by atoms with Crippen molar-refractivity contribution >= 4 is 11.6 Å². The van der Waals surface area contributed by atoms with E-state index in [-0.39, 0.29) is 5.82 Å². The molecule has 0 fully saturated rings. The Morgan fingerprint density at radius 3 is 3.00 bits per heavy atom. The van der Waals surface area contributed by atoms with Crippen molar-refractivity contribution in [1.82, 2.24) is 9.55 Å². The van der Waals surface area contributed by atoms with Crippen molar-refractivity contribution in [3.8, 4) is 0 Å². The molecule has 90 valence electrons. The fourth-order valence-corrected chi connectivity index (χ4v) is 1.83. The van der Waals surface area contributed by atoms with Gasteiger partial charge in [-0.1, -0.05) is 11.6 Å². The molecule has 0 amide bonds. The number of benzene rings is 1. The number of imidazole rings is 1. The Morgan fingerprint density at radius 1 is 1.41 bits per heavy atom. The van der Waals surface area contributed by atoms with Crippen LogP contribution in [0.15, 0.2) is 30.7 Å². The average Bonchev–Trinajstić information content (AvgIpc) is 2.72. The maximum atomic E-state index is 13.5. The number of aromatic nitrogens is 2. The first-order valence-corrected chi connectivity index (χ1v) is 5.71. The first kappa shape index (κ1) is 12.1. The molecule has 1 aromatic heterocycles. The minimum Gasteiger partial charge on any atom is -0.333 e. The molecule has 2 N–H and O–H groups in total. The summed E-state index contributed by atoms with van der Waals surface area (Å²) in [6.45, 7) is 0.979. The monoisotopic (exact) mass is 253 g/mol. The molecule has 0 radical (unpaired) electrons. The molecule has 2 rings (SSSR count). The van der Waals surface area contributed by atoms with Gasteiger partial charge in [0.25, 0.3) is 0 Å². The third kappa shape index (κ3) is 3.05. The van der Waals surface area contributed by atoms with Crippen molar-refractivity contribution in [3.05, 3.63) is 52.8 Å². The number of hydrogen-bond acceptors (Lipinski definition) is 2. The van der Waals surface area contributed by atoms with Crippen LogP contribution in [-0.4, -0.2) is 16.1 Å². The first-order valence-electron chi connectivity index (χ1n) is 5.33. The smallest absolute Gasteiger partial charge is 0.128 e. The van der Waals surface area contributed by atoms with E-state index in [4.69, 9.17) is 17.3 Å². The van der Waals surface area contributed by atoms with E-state index in [1.54, 1.807) is 12.4 Å². The Kier molecular flexibility index (Phi) is 3.76. The lowest BCUT2D eigenvalue weighted by atomic mass is 10.2. The molecule has 0 bridgehead atoms. The van der Waals surface area contributed by atoms with Gasteiger partial charge < -0.3 is 10.3 Å². The molecule has 17 heavy (non-hydrogen) atoms. The van der Waals surface area contributed by atoms with Crippen LogP contribution >= 0.6 is 11.6 Å². The zero-order valence-electron chi connectivity index (χ0n) is 9.24. The zero-order chi connectivity index (χ0) is 12.3. The van der Waals surface area contributed by atoms with Gasteiger partial charge in [-0.05, 0) is 24.7 Å². The van der Waals surface area contributed by atoms with Crippen molar-refractivity contribution < 1.29 is 4.39 Å². The van der Waals surface area contributed by atoms with Crippen molar-refractivity contribution in [2.75, 3.05) is 6.54 Å². The van der Waals surface area contributed by atoms with Crippen LogP contribution in [0, 0.1) is 5.82 Å². The number of rotatable bonds is 4. The predicted octanol–water partition coefficient (Wildman–Crippen LogP) is 2.23. The van der Waals surface area contributed by atoms with Crippen LogP contribution in [0.4, 0.5) is 4.39 Å². The number of hydrogen-bond donors (Lipinski definition) is 1. The first-order chi connectivity index (χ1) is 8.19. The van der Waals surface area contributed by atoms with Crippen LogP contribution in [-0.2, 0) is 13.0 Å². The standard InChI is InChI=1S/C12H13ClFN3/c13-10-1-2-12(14)9(5-10)6-17-7-11(3-4-15)16-8-17/h1-2,5,7-8H,3-4,6,15H2. The molecule has 0 aliphatic carbocycles. The van der Waals surface area contributed by atoms with Crippen LogP contribution in [0.2, 0.25) is 5.02 Å². The van der Waals surface area contributed by atoms with Crippen molar-refractivity contribution in [1.29, 1.82) is 0 Å². The molecule has 0 unspecified atom stereocenters. The van der Waals surface area contributed by atoms with Gasteiger partial charge in [-0.2, -0.15) is 0 Å². The van der Waals surface area contributed by atoms with Crippen molar-refractivity contribution in [3.63, 3.8) is 0 Å². The maximum absolute atomic E-state index is 13.5. The van der Waals surface area contributed by atoms with E-state index in [0.717, 1.165) is 12.1 Å². The lowest BCUT2D eigenvalue weighted by Crippen LogP contribution is -2.03. The SMILES string of the molecule is NCCc1cn(Cc2cc(Cl)ccc2F)cn1. The third-order valence-corrected chi connectivity index (χ3v) is 2.68. The molecular formula is C12H13ClFN3. The highest BCUT2D eigenvalue weighted by atomic mass is 35.5. The Labute approximate surface area is 104 Å². The van der Waals surface area contributed by atoms with Gasteiger partial charge in [0.15, 0.2) is 0 Å². The highest BCUT2D eigenvalue weighted by Crippen LogP contribution is 2.16. The molecule has 1 heterocycles. The van der Waals surface area contributed by atoms with Gasteiger partial charge in [0, 0.05) is 23.2 Å². The average molecular weight is 254 g/mol. The summed E-state index contributed by atoms with van der Waals surface area (Å²) in [6.07, 6.45) is 4.27. The van der Waals surface area contributed by atoms with E-state index in [1.807, 2.05) is 10.8 Å². The molecule has 0 aliphatic heterocycles. The van der Waals surface area contributed by atoms with Crippen molar-refractivity contribution in [2.45, 2.75) is 13.0 Å². The van der Waals surface area contributed by atoms with Gasteiger partial charge in [0.2, 0.25) is 0 Å². The minimum atomic E-state index is -0.261. The molecular weight excluding hydrogens is 241 g/mol. The molecule has 0 aliphatic rings. The fraction of sp³-hybridized carbons (Fsp3) is 0.250. The quantitative estimate of drug-likeness (QED) is 0.908. The Bertz CT molecular complexity index is 510. The van der Waals surface area contributed by atoms with Gasteiger partial charge >= 0.3 is 0 Å². The molecule has 2 aromatic rings. The van der Waals surface area contributed by atoms with Crippen LogP contribution in [0.1, 0.15) is 11.3 Å². The van der Waals surface area contributed by atoms with Gasteiger partial charge in [0.1, 0.15) is 5.82 Å². The van der Waals surface area contributed by atoms with Crippen LogP contribution in [0.25, 0.3) is 0 Å². The fourth-order valence-electron chi connectivity index (χ4n) is 1.63. The summed E-state index contributed by atoms with van der Waals surface area (Å²) in [5.74, 6) is -0.261. The van der Waals surface area contributed by atoms with Crippen molar-refractivity contribution in [2.24, 2.45) is 5.73 Å². The summed E-state index contributed by atoms with van der Waals surface area (Å²) in [5.41, 5.74) is 6.90. The van der Waals surface area contributed by atoms with E-state index < -0.39 is 0 Å². The van der Waals surface area contributed by atoms with Gasteiger partial charge in [-0.3, -0.25) is 0 Å². The summed E-state index contributed by atoms with van der Waals surface area (Å²) in [7, 11) is 0. The summed E-state index contributed by atoms with van der Waals surface area (Å²) >= 11 is 5.83. The highest BCUT2D eigenvalue weighted by Gasteiger charge is 2.05. The predicted molar refractivity (Wildman–Crippen MR) is 65.5 cm³/mol. The van der Waals surface area contributed by atoms with E-state index >= 15 is 0 Å². The van der Waals surface area contributed by atoms with Crippen LogP contribution in [0.5, 0.6) is 0 Å².